The van der Waals surface area contributed by atoms with Crippen LogP contribution >= 0.6 is 11.6 Å². The van der Waals surface area contributed by atoms with Crippen molar-refractivity contribution in [2.45, 2.75) is 32.7 Å². The minimum atomic E-state index is -0.0154. The molecule has 1 aromatic heterocycles. The van der Waals surface area contributed by atoms with Gasteiger partial charge < -0.3 is 9.64 Å². The molecule has 24 heavy (non-hydrogen) atoms. The molecule has 128 valence electrons. The molecule has 1 saturated heterocycles. The normalized spacial score (nSPS) is 17.3. The first-order chi connectivity index (χ1) is 11.5. The van der Waals surface area contributed by atoms with Gasteiger partial charge in [0.1, 0.15) is 10.9 Å². The Kier molecular flexibility index (Phi) is 4.81. The third kappa shape index (κ3) is 3.26. The second-order valence-electron chi connectivity index (χ2n) is 6.26. The average molecular weight is 348 g/mol. The summed E-state index contributed by atoms with van der Waals surface area (Å²) >= 11 is 6.39. The summed E-state index contributed by atoms with van der Waals surface area (Å²) in [5.74, 6) is 0.702. The van der Waals surface area contributed by atoms with Gasteiger partial charge in [-0.1, -0.05) is 23.7 Å². The maximum absolute atomic E-state index is 12.6. The van der Waals surface area contributed by atoms with Gasteiger partial charge in [0, 0.05) is 19.2 Å². The Balaban J connectivity index is 1.72. The molecular weight excluding hydrogens is 326 g/mol. The van der Waals surface area contributed by atoms with Crippen LogP contribution in [0, 0.1) is 13.8 Å². The first-order valence-electron chi connectivity index (χ1n) is 8.15. The smallest absolute Gasteiger partial charge is 0.261 e. The molecule has 1 aromatic carbocycles. The number of carbonyl (C=O) groups excluding carboxylic acids is 1. The summed E-state index contributed by atoms with van der Waals surface area (Å²) in [6.07, 6.45) is 1.87. The van der Waals surface area contributed by atoms with E-state index in [0.717, 1.165) is 42.0 Å². The van der Waals surface area contributed by atoms with Crippen LogP contribution in [0.4, 0.5) is 0 Å². The van der Waals surface area contributed by atoms with Crippen LogP contribution in [-0.4, -0.2) is 33.7 Å². The van der Waals surface area contributed by atoms with Gasteiger partial charge in [0.2, 0.25) is 0 Å². The molecule has 0 bridgehead atoms. The summed E-state index contributed by atoms with van der Waals surface area (Å²) in [5, 5.41) is 4.98. The van der Waals surface area contributed by atoms with E-state index in [-0.39, 0.29) is 18.6 Å². The van der Waals surface area contributed by atoms with Crippen LogP contribution in [0.15, 0.2) is 24.3 Å². The number of nitrogens with zero attached hydrogens (tertiary/aromatic N) is 3. The molecule has 2 aromatic rings. The van der Waals surface area contributed by atoms with E-state index < -0.39 is 0 Å². The number of aromatic nitrogens is 2. The Hall–Kier alpha value is -2.01. The molecule has 1 atom stereocenters. The van der Waals surface area contributed by atoms with Crippen LogP contribution in [0.2, 0.25) is 5.15 Å². The van der Waals surface area contributed by atoms with Crippen molar-refractivity contribution in [2.24, 2.45) is 7.05 Å². The van der Waals surface area contributed by atoms with E-state index in [1.54, 1.807) is 4.68 Å². The molecule has 2 heterocycles. The lowest BCUT2D eigenvalue weighted by molar-refractivity contribution is -0.134. The molecule has 1 unspecified atom stereocenters. The number of amides is 1. The Morgan fingerprint density at radius 2 is 2.21 bits per heavy atom. The van der Waals surface area contributed by atoms with Gasteiger partial charge in [-0.05, 0) is 44.4 Å². The number of benzene rings is 1. The highest BCUT2D eigenvalue weighted by molar-refractivity contribution is 6.30. The third-order valence-electron chi connectivity index (χ3n) is 4.45. The van der Waals surface area contributed by atoms with Gasteiger partial charge in [-0.25, -0.2) is 0 Å². The zero-order valence-corrected chi connectivity index (χ0v) is 15.0. The summed E-state index contributed by atoms with van der Waals surface area (Å²) in [6, 6.07) is 7.70. The topological polar surface area (TPSA) is 47.4 Å². The van der Waals surface area contributed by atoms with Crippen molar-refractivity contribution in [2.75, 3.05) is 13.2 Å². The van der Waals surface area contributed by atoms with E-state index in [0.29, 0.717) is 5.15 Å². The zero-order valence-electron chi connectivity index (χ0n) is 14.3. The molecule has 6 heteroatoms. The molecule has 1 amide bonds. The molecule has 1 aliphatic rings. The van der Waals surface area contributed by atoms with Crippen LogP contribution < -0.4 is 4.74 Å². The van der Waals surface area contributed by atoms with Crippen molar-refractivity contribution >= 4 is 17.5 Å². The first kappa shape index (κ1) is 16.8. The van der Waals surface area contributed by atoms with Crippen molar-refractivity contribution < 1.29 is 9.53 Å². The summed E-state index contributed by atoms with van der Waals surface area (Å²) in [5.41, 5.74) is 2.95. The molecular formula is C18H22ClN3O2. The minimum absolute atomic E-state index is 0.0141. The number of rotatable bonds is 4. The summed E-state index contributed by atoms with van der Waals surface area (Å²) < 4.78 is 7.33. The van der Waals surface area contributed by atoms with Crippen molar-refractivity contribution in [1.82, 2.24) is 14.7 Å². The van der Waals surface area contributed by atoms with E-state index >= 15 is 0 Å². The van der Waals surface area contributed by atoms with Crippen molar-refractivity contribution in [1.29, 1.82) is 0 Å². The number of halogens is 1. The van der Waals surface area contributed by atoms with Gasteiger partial charge in [0.05, 0.1) is 11.7 Å². The van der Waals surface area contributed by atoms with E-state index in [1.165, 1.54) is 0 Å². The van der Waals surface area contributed by atoms with Gasteiger partial charge >= 0.3 is 0 Å². The average Bonchev–Trinajstić information content (AvgIpc) is 3.10. The number of ether oxygens (including phenoxy) is 1. The predicted octanol–water partition coefficient (Wildman–Crippen LogP) is 3.43. The van der Waals surface area contributed by atoms with Gasteiger partial charge in [-0.2, -0.15) is 5.10 Å². The highest BCUT2D eigenvalue weighted by atomic mass is 35.5. The van der Waals surface area contributed by atoms with Crippen LogP contribution in [0.25, 0.3) is 0 Å². The number of likely N-dealkylation sites (tertiary alicyclic amines) is 1. The van der Waals surface area contributed by atoms with E-state index in [1.807, 2.05) is 50.1 Å². The van der Waals surface area contributed by atoms with Gasteiger partial charge in [-0.3, -0.25) is 9.48 Å². The summed E-state index contributed by atoms with van der Waals surface area (Å²) in [7, 11) is 1.82. The van der Waals surface area contributed by atoms with Gasteiger partial charge in [0.15, 0.2) is 6.61 Å². The highest BCUT2D eigenvalue weighted by Gasteiger charge is 2.34. The quantitative estimate of drug-likeness (QED) is 0.851. The molecule has 1 aliphatic heterocycles. The van der Waals surface area contributed by atoms with Gasteiger partial charge in [-0.15, -0.1) is 0 Å². The monoisotopic (exact) mass is 347 g/mol. The molecule has 1 fully saturated rings. The summed E-state index contributed by atoms with van der Waals surface area (Å²) in [4.78, 5) is 14.5. The Bertz CT molecular complexity index is 757. The fourth-order valence-electron chi connectivity index (χ4n) is 3.32. The largest absolute Gasteiger partial charge is 0.484 e. The van der Waals surface area contributed by atoms with Crippen LogP contribution in [0.3, 0.4) is 0 Å². The van der Waals surface area contributed by atoms with Gasteiger partial charge in [0.25, 0.3) is 5.91 Å². The zero-order chi connectivity index (χ0) is 17.3. The fraction of sp³-hybridized carbons (Fsp3) is 0.444. The lowest BCUT2D eigenvalue weighted by Gasteiger charge is -2.25. The Morgan fingerprint density at radius 3 is 2.88 bits per heavy atom. The summed E-state index contributed by atoms with van der Waals surface area (Å²) in [6.45, 7) is 4.70. The molecule has 3 rings (SSSR count). The lowest BCUT2D eigenvalue weighted by Crippen LogP contribution is -2.34. The molecule has 0 spiro atoms. The second-order valence-corrected chi connectivity index (χ2v) is 6.62. The van der Waals surface area contributed by atoms with Crippen LogP contribution in [-0.2, 0) is 11.8 Å². The first-order valence-corrected chi connectivity index (χ1v) is 8.53. The SMILES string of the molecule is Cc1cccc(OCC(=O)N2CCCC2c2c(C)nn(C)c2Cl)c1. The maximum Gasteiger partial charge on any atom is 0.261 e. The van der Waals surface area contributed by atoms with E-state index in [2.05, 4.69) is 5.10 Å². The predicted molar refractivity (Wildman–Crippen MR) is 93.3 cm³/mol. The molecule has 0 saturated carbocycles. The Labute approximate surface area is 147 Å². The number of hydrogen-bond acceptors (Lipinski definition) is 3. The number of aryl methyl sites for hydroxylation is 3. The van der Waals surface area contributed by atoms with Crippen LogP contribution in [0.5, 0.6) is 5.75 Å². The maximum atomic E-state index is 12.6. The van der Waals surface area contributed by atoms with Crippen molar-refractivity contribution in [3.63, 3.8) is 0 Å². The van der Waals surface area contributed by atoms with Crippen molar-refractivity contribution in [3.05, 3.63) is 46.2 Å². The number of carbonyl (C=O) groups is 1. The third-order valence-corrected chi connectivity index (χ3v) is 4.90. The molecule has 5 nitrogen and oxygen atoms in total. The van der Waals surface area contributed by atoms with Crippen molar-refractivity contribution in [3.8, 4) is 5.75 Å². The fourth-order valence-corrected chi connectivity index (χ4v) is 3.62. The Morgan fingerprint density at radius 1 is 1.42 bits per heavy atom. The molecule has 0 N–H and O–H groups in total. The van der Waals surface area contributed by atoms with Crippen LogP contribution in [0.1, 0.15) is 35.7 Å². The van der Waals surface area contributed by atoms with E-state index in [4.69, 9.17) is 16.3 Å². The lowest BCUT2D eigenvalue weighted by atomic mass is 10.1. The minimum Gasteiger partial charge on any atom is -0.484 e. The second kappa shape index (κ2) is 6.85. The van der Waals surface area contributed by atoms with E-state index in [9.17, 15) is 4.79 Å². The molecule has 0 radical (unpaired) electrons. The highest BCUT2D eigenvalue weighted by Crippen LogP contribution is 2.37. The number of hydrogen-bond donors (Lipinski definition) is 0. The standard InChI is InChI=1S/C18H22ClN3O2/c1-12-6-4-7-14(10-12)24-11-16(23)22-9-5-8-15(22)17-13(2)20-21(3)18(17)19/h4,6-7,10,15H,5,8-9,11H2,1-3H3. The molecule has 0 aliphatic carbocycles.